The van der Waals surface area contributed by atoms with Crippen LogP contribution in [-0.2, 0) is 9.59 Å². The Morgan fingerprint density at radius 1 is 1.59 bits per heavy atom. The van der Waals surface area contributed by atoms with E-state index in [9.17, 15) is 9.59 Å². The Bertz CT molecular complexity index is 462. The summed E-state index contributed by atoms with van der Waals surface area (Å²) >= 11 is 1.25. The largest absolute Gasteiger partial charge is 0.311 e. The lowest BCUT2D eigenvalue weighted by atomic mass is 10.2. The lowest BCUT2D eigenvalue weighted by Gasteiger charge is -2.18. The summed E-state index contributed by atoms with van der Waals surface area (Å²) in [7, 11) is 0. The minimum Gasteiger partial charge on any atom is -0.311 e. The van der Waals surface area contributed by atoms with E-state index in [1.54, 1.807) is 17.3 Å². The molecule has 17 heavy (non-hydrogen) atoms. The van der Waals surface area contributed by atoms with Crippen molar-refractivity contribution in [3.8, 4) is 0 Å². The molecule has 0 saturated carbocycles. The quantitative estimate of drug-likeness (QED) is 0.802. The van der Waals surface area contributed by atoms with Gasteiger partial charge in [0.25, 0.3) is 0 Å². The Kier molecular flexibility index (Phi) is 3.47. The lowest BCUT2D eigenvalue weighted by Crippen LogP contribution is -2.25. The maximum Gasteiger partial charge on any atom is 0.228 e. The molecule has 2 heterocycles. The van der Waals surface area contributed by atoms with Gasteiger partial charge in [-0.3, -0.25) is 14.6 Å². The number of amides is 1. The fraction of sp³-hybridized carbons (Fsp3) is 0.417. The highest BCUT2D eigenvalue weighted by Crippen LogP contribution is 2.29. The van der Waals surface area contributed by atoms with E-state index in [2.05, 4.69) is 4.98 Å². The molecule has 1 aromatic rings. The standard InChI is InChI=1S/C12H14N2O2S/c1-8-6-13-4-3-11(8)14-7-10(5-12(14)16)17-9(2)15/h3-4,6,10H,5,7H2,1-2H3. The SMILES string of the molecule is CC(=O)SC1CC(=O)N(c2ccncc2C)C1. The molecule has 0 aliphatic carbocycles. The zero-order valence-corrected chi connectivity index (χ0v) is 10.7. The van der Waals surface area contributed by atoms with Gasteiger partial charge >= 0.3 is 0 Å². The van der Waals surface area contributed by atoms with Gasteiger partial charge in [-0.15, -0.1) is 0 Å². The van der Waals surface area contributed by atoms with Gasteiger partial charge in [-0.05, 0) is 18.6 Å². The second-order valence-electron chi connectivity index (χ2n) is 4.10. The van der Waals surface area contributed by atoms with Crippen LogP contribution >= 0.6 is 11.8 Å². The van der Waals surface area contributed by atoms with E-state index >= 15 is 0 Å². The van der Waals surface area contributed by atoms with Gasteiger partial charge < -0.3 is 4.90 Å². The number of anilines is 1. The average Bonchev–Trinajstić information content (AvgIpc) is 2.59. The molecule has 1 aliphatic rings. The topological polar surface area (TPSA) is 50.3 Å². The first kappa shape index (κ1) is 12.1. The van der Waals surface area contributed by atoms with Crippen molar-refractivity contribution in [2.45, 2.75) is 25.5 Å². The molecule has 1 aliphatic heterocycles. The summed E-state index contributed by atoms with van der Waals surface area (Å²) in [5.41, 5.74) is 1.88. The molecule has 4 nitrogen and oxygen atoms in total. The van der Waals surface area contributed by atoms with Crippen molar-refractivity contribution in [2.24, 2.45) is 0 Å². The van der Waals surface area contributed by atoms with E-state index < -0.39 is 0 Å². The predicted octanol–water partition coefficient (Wildman–Crippen LogP) is 1.78. The highest BCUT2D eigenvalue weighted by Gasteiger charge is 2.32. The van der Waals surface area contributed by atoms with Crippen LogP contribution in [0.4, 0.5) is 5.69 Å². The van der Waals surface area contributed by atoms with Gasteiger partial charge in [-0.2, -0.15) is 0 Å². The number of hydrogen-bond donors (Lipinski definition) is 0. The third-order valence-electron chi connectivity index (χ3n) is 2.70. The molecule has 2 rings (SSSR count). The molecule has 5 heteroatoms. The summed E-state index contributed by atoms with van der Waals surface area (Å²) in [6, 6.07) is 1.84. The van der Waals surface area contributed by atoms with Crippen LogP contribution in [0.3, 0.4) is 0 Å². The molecule has 1 amide bonds. The van der Waals surface area contributed by atoms with Crippen LogP contribution in [0.15, 0.2) is 18.5 Å². The van der Waals surface area contributed by atoms with Gasteiger partial charge in [0.15, 0.2) is 5.12 Å². The molecule has 1 aromatic heterocycles. The molecule has 1 unspecified atom stereocenters. The fourth-order valence-electron chi connectivity index (χ4n) is 1.99. The lowest BCUT2D eigenvalue weighted by molar-refractivity contribution is -0.117. The van der Waals surface area contributed by atoms with E-state index in [-0.39, 0.29) is 16.3 Å². The molecule has 0 bridgehead atoms. The van der Waals surface area contributed by atoms with E-state index in [1.807, 2.05) is 13.0 Å². The summed E-state index contributed by atoms with van der Waals surface area (Å²) in [5, 5.41) is 0.142. The van der Waals surface area contributed by atoms with Crippen molar-refractivity contribution in [1.29, 1.82) is 0 Å². The molecule has 90 valence electrons. The highest BCUT2D eigenvalue weighted by atomic mass is 32.2. The van der Waals surface area contributed by atoms with Gasteiger partial charge in [0, 0.05) is 43.2 Å². The molecule has 1 atom stereocenters. The van der Waals surface area contributed by atoms with Crippen molar-refractivity contribution >= 4 is 28.5 Å². The Labute approximate surface area is 104 Å². The van der Waals surface area contributed by atoms with Crippen molar-refractivity contribution < 1.29 is 9.59 Å². The minimum absolute atomic E-state index is 0.0658. The number of aryl methyl sites for hydroxylation is 1. The van der Waals surface area contributed by atoms with Crippen LogP contribution in [-0.4, -0.2) is 27.8 Å². The first-order valence-corrected chi connectivity index (χ1v) is 6.34. The molecular weight excluding hydrogens is 236 g/mol. The smallest absolute Gasteiger partial charge is 0.228 e. The van der Waals surface area contributed by atoms with Gasteiger partial charge in [0.05, 0.1) is 0 Å². The molecule has 0 spiro atoms. The van der Waals surface area contributed by atoms with E-state index in [0.29, 0.717) is 13.0 Å². The van der Waals surface area contributed by atoms with Crippen LogP contribution in [0.25, 0.3) is 0 Å². The van der Waals surface area contributed by atoms with E-state index in [1.165, 1.54) is 18.7 Å². The maximum absolute atomic E-state index is 11.9. The second-order valence-corrected chi connectivity index (χ2v) is 5.58. The van der Waals surface area contributed by atoms with Crippen molar-refractivity contribution in [3.63, 3.8) is 0 Å². The van der Waals surface area contributed by atoms with Gasteiger partial charge in [-0.25, -0.2) is 0 Å². The number of rotatable bonds is 2. The Balaban J connectivity index is 2.16. The van der Waals surface area contributed by atoms with Crippen molar-refractivity contribution in [2.75, 3.05) is 11.4 Å². The molecule has 0 aromatic carbocycles. The van der Waals surface area contributed by atoms with Crippen molar-refractivity contribution in [1.82, 2.24) is 4.98 Å². The van der Waals surface area contributed by atoms with Gasteiger partial charge in [0.2, 0.25) is 5.91 Å². The second kappa shape index (κ2) is 4.87. The minimum atomic E-state index is 0.0658. The molecule has 0 radical (unpaired) electrons. The number of pyridine rings is 1. The summed E-state index contributed by atoms with van der Waals surface area (Å²) in [6.45, 7) is 4.07. The molecule has 0 N–H and O–H groups in total. The summed E-state index contributed by atoms with van der Waals surface area (Å²) < 4.78 is 0. The summed E-state index contributed by atoms with van der Waals surface area (Å²) in [5.74, 6) is 0.0815. The third kappa shape index (κ3) is 2.66. The normalized spacial score (nSPS) is 19.8. The zero-order chi connectivity index (χ0) is 12.4. The van der Waals surface area contributed by atoms with Crippen LogP contribution < -0.4 is 4.90 Å². The van der Waals surface area contributed by atoms with E-state index in [4.69, 9.17) is 0 Å². The Morgan fingerprint density at radius 3 is 3.00 bits per heavy atom. The van der Waals surface area contributed by atoms with Crippen LogP contribution in [0.5, 0.6) is 0 Å². The molecule has 1 saturated heterocycles. The number of hydrogen-bond acceptors (Lipinski definition) is 4. The Hall–Kier alpha value is -1.36. The molecular formula is C12H14N2O2S. The first-order chi connectivity index (χ1) is 8.08. The van der Waals surface area contributed by atoms with E-state index in [0.717, 1.165) is 11.3 Å². The van der Waals surface area contributed by atoms with Crippen molar-refractivity contribution in [3.05, 3.63) is 24.0 Å². The number of thioether (sulfide) groups is 1. The Morgan fingerprint density at radius 2 is 2.35 bits per heavy atom. The average molecular weight is 250 g/mol. The summed E-state index contributed by atoms with van der Waals surface area (Å²) in [4.78, 5) is 28.7. The third-order valence-corrected chi connectivity index (χ3v) is 3.68. The van der Waals surface area contributed by atoms with Crippen LogP contribution in [0, 0.1) is 6.92 Å². The van der Waals surface area contributed by atoms with Gasteiger partial charge in [-0.1, -0.05) is 11.8 Å². The maximum atomic E-state index is 11.9. The van der Waals surface area contributed by atoms with Crippen LogP contribution in [0.1, 0.15) is 18.9 Å². The monoisotopic (exact) mass is 250 g/mol. The molecule has 1 fully saturated rings. The number of carbonyl (C=O) groups excluding carboxylic acids is 2. The van der Waals surface area contributed by atoms with Crippen LogP contribution in [0.2, 0.25) is 0 Å². The predicted molar refractivity (Wildman–Crippen MR) is 68.0 cm³/mol. The number of nitrogens with zero attached hydrogens (tertiary/aromatic N) is 2. The zero-order valence-electron chi connectivity index (χ0n) is 9.84. The highest BCUT2D eigenvalue weighted by molar-refractivity contribution is 8.14. The summed E-state index contributed by atoms with van der Waals surface area (Å²) in [6.07, 6.45) is 3.86. The first-order valence-electron chi connectivity index (χ1n) is 5.46. The number of aromatic nitrogens is 1. The number of carbonyl (C=O) groups is 2. The fourth-order valence-corrected chi connectivity index (χ4v) is 2.91. The van der Waals surface area contributed by atoms with Gasteiger partial charge in [0.1, 0.15) is 0 Å².